The normalized spacial score (nSPS) is 55.0. The molecule has 0 aromatic rings. The molecule has 0 aromatic heterocycles. The molecule has 124 valence electrons. The number of aliphatic hydroxyl groups is 1. The minimum atomic E-state index is 0.00977. The van der Waals surface area contributed by atoms with E-state index in [2.05, 4.69) is 6.92 Å². The van der Waals surface area contributed by atoms with Crippen LogP contribution in [0.4, 0.5) is 0 Å². The lowest BCUT2D eigenvalue weighted by Gasteiger charge is -2.52. The number of hydrogen-bond donors (Lipinski definition) is 1. The van der Waals surface area contributed by atoms with E-state index in [9.17, 15) is 4.79 Å². The second-order valence-corrected chi connectivity index (χ2v) is 8.70. The molecule has 1 N–H and O–H groups in total. The van der Waals surface area contributed by atoms with Crippen LogP contribution in [-0.4, -0.2) is 29.2 Å². The zero-order valence-corrected chi connectivity index (χ0v) is 14.1. The van der Waals surface area contributed by atoms with Gasteiger partial charge in [0.2, 0.25) is 0 Å². The molecule has 4 aliphatic carbocycles. The first-order valence-electron chi connectivity index (χ1n) is 9.25. The van der Waals surface area contributed by atoms with E-state index in [4.69, 9.17) is 9.84 Å². The summed E-state index contributed by atoms with van der Waals surface area (Å²) in [4.78, 5) is 11.9. The molecular formula is C19H30O3. The molecule has 5 fully saturated rings. The number of epoxide rings is 1. The van der Waals surface area contributed by atoms with E-state index in [1.165, 1.54) is 44.9 Å². The fraction of sp³-hybridized carbons (Fsp3) is 0.947. The summed E-state index contributed by atoms with van der Waals surface area (Å²) in [6, 6.07) is 0. The van der Waals surface area contributed by atoms with Crippen molar-refractivity contribution in [3.8, 4) is 0 Å². The molecule has 0 spiro atoms. The molecule has 22 heavy (non-hydrogen) atoms. The largest absolute Gasteiger partial charge is 0.400 e. The summed E-state index contributed by atoms with van der Waals surface area (Å²) in [7, 11) is 1.00. The van der Waals surface area contributed by atoms with Crippen molar-refractivity contribution in [1.82, 2.24) is 0 Å². The van der Waals surface area contributed by atoms with Crippen molar-refractivity contribution in [2.75, 3.05) is 7.11 Å². The van der Waals surface area contributed by atoms with Gasteiger partial charge in [-0.25, -0.2) is 0 Å². The number of ketones is 1. The van der Waals surface area contributed by atoms with Crippen LogP contribution >= 0.6 is 0 Å². The van der Waals surface area contributed by atoms with Gasteiger partial charge in [-0.3, -0.25) is 4.79 Å². The Morgan fingerprint density at radius 1 is 1.05 bits per heavy atom. The average molecular weight is 306 g/mol. The summed E-state index contributed by atoms with van der Waals surface area (Å²) < 4.78 is 6.41. The third-order valence-corrected chi connectivity index (χ3v) is 8.06. The number of aliphatic hydroxyl groups excluding tert-OH is 1. The average Bonchev–Trinajstić information content (AvgIpc) is 3.05. The number of Topliss-reactive ketones (excluding diaryl/α,β-unsaturated/α-hetero) is 1. The molecule has 1 heterocycles. The van der Waals surface area contributed by atoms with E-state index < -0.39 is 0 Å². The molecule has 0 radical (unpaired) electrons. The second-order valence-electron chi connectivity index (χ2n) is 8.70. The minimum absolute atomic E-state index is 0.00977. The molecule has 3 nitrogen and oxygen atoms in total. The van der Waals surface area contributed by atoms with Gasteiger partial charge in [-0.1, -0.05) is 13.3 Å². The van der Waals surface area contributed by atoms with E-state index in [-0.39, 0.29) is 11.2 Å². The highest BCUT2D eigenvalue weighted by Gasteiger charge is 2.78. The number of fused-ring (bicyclic) bond motifs is 3. The van der Waals surface area contributed by atoms with Crippen LogP contribution in [0.1, 0.15) is 71.1 Å². The van der Waals surface area contributed by atoms with Gasteiger partial charge in [-0.2, -0.15) is 0 Å². The third-order valence-electron chi connectivity index (χ3n) is 8.06. The Morgan fingerprint density at radius 2 is 1.86 bits per heavy atom. The standard InChI is InChI=1S/C18H26O2.CH4O/c1-16-7-2-3-14(16)13-5-9-17-11-12(19)4-10-18(17,20-17)15(13)6-8-16;1-2/h13-15H,2-11H2,1H3;2H,1H3. The van der Waals surface area contributed by atoms with Crippen molar-refractivity contribution < 1.29 is 14.6 Å². The van der Waals surface area contributed by atoms with Gasteiger partial charge in [0.05, 0.1) is 0 Å². The van der Waals surface area contributed by atoms with Gasteiger partial charge in [0.15, 0.2) is 0 Å². The zero-order valence-electron chi connectivity index (χ0n) is 14.1. The van der Waals surface area contributed by atoms with Crippen molar-refractivity contribution in [2.45, 2.75) is 82.3 Å². The highest BCUT2D eigenvalue weighted by atomic mass is 16.6. The Kier molecular flexibility index (Phi) is 3.30. The Bertz CT molecular complexity index is 489. The lowest BCUT2D eigenvalue weighted by atomic mass is 9.51. The lowest BCUT2D eigenvalue weighted by molar-refractivity contribution is -0.122. The van der Waals surface area contributed by atoms with Crippen LogP contribution in [0, 0.1) is 23.2 Å². The maximum Gasteiger partial charge on any atom is 0.136 e. The van der Waals surface area contributed by atoms with Gasteiger partial charge in [0.25, 0.3) is 0 Å². The molecule has 0 bridgehead atoms. The number of carbonyl (C=O) groups is 1. The molecule has 5 rings (SSSR count). The minimum Gasteiger partial charge on any atom is -0.400 e. The highest BCUT2D eigenvalue weighted by Crippen LogP contribution is 2.72. The van der Waals surface area contributed by atoms with E-state index in [0.29, 0.717) is 11.2 Å². The van der Waals surface area contributed by atoms with Gasteiger partial charge in [-0.05, 0) is 68.1 Å². The summed E-state index contributed by atoms with van der Waals surface area (Å²) in [5, 5.41) is 7.00. The zero-order chi connectivity index (χ0) is 15.6. The Hall–Kier alpha value is -0.410. The summed E-state index contributed by atoms with van der Waals surface area (Å²) >= 11 is 0. The molecule has 0 aromatic carbocycles. The maximum atomic E-state index is 11.9. The lowest BCUT2D eigenvalue weighted by Crippen LogP contribution is -2.52. The van der Waals surface area contributed by atoms with Crippen LogP contribution in [0.2, 0.25) is 0 Å². The highest BCUT2D eigenvalue weighted by molar-refractivity contribution is 5.82. The Balaban J connectivity index is 0.000000602. The maximum absolute atomic E-state index is 11.9. The van der Waals surface area contributed by atoms with E-state index in [1.54, 1.807) is 0 Å². The number of rotatable bonds is 0. The van der Waals surface area contributed by atoms with Crippen molar-refractivity contribution in [1.29, 1.82) is 0 Å². The summed E-state index contributed by atoms with van der Waals surface area (Å²) in [6.07, 6.45) is 12.2. The van der Waals surface area contributed by atoms with Gasteiger partial charge in [0.1, 0.15) is 17.0 Å². The van der Waals surface area contributed by atoms with Crippen molar-refractivity contribution in [3.63, 3.8) is 0 Å². The van der Waals surface area contributed by atoms with E-state index in [1.807, 2.05) is 0 Å². The first kappa shape index (κ1) is 15.1. The van der Waals surface area contributed by atoms with Crippen molar-refractivity contribution in [2.24, 2.45) is 23.2 Å². The Morgan fingerprint density at radius 3 is 2.68 bits per heavy atom. The van der Waals surface area contributed by atoms with Gasteiger partial charge < -0.3 is 9.84 Å². The van der Waals surface area contributed by atoms with Crippen molar-refractivity contribution in [3.05, 3.63) is 0 Å². The molecule has 0 amide bonds. The van der Waals surface area contributed by atoms with Gasteiger partial charge >= 0.3 is 0 Å². The smallest absolute Gasteiger partial charge is 0.136 e. The van der Waals surface area contributed by atoms with Crippen molar-refractivity contribution >= 4 is 5.78 Å². The van der Waals surface area contributed by atoms with Crippen LogP contribution in [0.15, 0.2) is 0 Å². The SMILES string of the molecule is CC12CCCC1C1CCC34CC(=O)CCC3(O4)C1CC2.CO. The second kappa shape index (κ2) is 4.80. The third kappa shape index (κ3) is 1.73. The summed E-state index contributed by atoms with van der Waals surface area (Å²) in [6.45, 7) is 2.55. The number of hydrogen-bond acceptors (Lipinski definition) is 3. The summed E-state index contributed by atoms with van der Waals surface area (Å²) in [5.41, 5.74) is 0.792. The molecule has 4 saturated carbocycles. The van der Waals surface area contributed by atoms with Crippen LogP contribution in [-0.2, 0) is 9.53 Å². The molecule has 6 atom stereocenters. The van der Waals surface area contributed by atoms with Crippen LogP contribution in [0.3, 0.4) is 0 Å². The van der Waals surface area contributed by atoms with E-state index >= 15 is 0 Å². The monoisotopic (exact) mass is 306 g/mol. The first-order chi connectivity index (χ1) is 10.6. The van der Waals surface area contributed by atoms with E-state index in [0.717, 1.165) is 44.1 Å². The molecule has 1 saturated heterocycles. The molecule has 3 heteroatoms. The molecular weight excluding hydrogens is 276 g/mol. The molecule has 5 aliphatic rings. The fourth-order valence-corrected chi connectivity index (χ4v) is 7.13. The topological polar surface area (TPSA) is 49.8 Å². The van der Waals surface area contributed by atoms with Crippen LogP contribution in [0.5, 0.6) is 0 Å². The molecule has 6 unspecified atom stereocenters. The first-order valence-corrected chi connectivity index (χ1v) is 9.25. The predicted octanol–water partition coefficient (Wildman–Crippen LogP) is 3.48. The quantitative estimate of drug-likeness (QED) is 0.697. The van der Waals surface area contributed by atoms with Gasteiger partial charge in [-0.15, -0.1) is 0 Å². The number of ether oxygens (including phenoxy) is 1. The molecule has 1 aliphatic heterocycles. The van der Waals surface area contributed by atoms with Crippen LogP contribution in [0.25, 0.3) is 0 Å². The predicted molar refractivity (Wildman–Crippen MR) is 84.4 cm³/mol. The summed E-state index contributed by atoms with van der Waals surface area (Å²) in [5.74, 6) is 3.09. The Labute approximate surface area is 133 Å². The van der Waals surface area contributed by atoms with Crippen LogP contribution < -0.4 is 0 Å². The number of carbonyl (C=O) groups excluding carboxylic acids is 1. The fourth-order valence-electron chi connectivity index (χ4n) is 7.13. The van der Waals surface area contributed by atoms with Gasteiger partial charge in [0, 0.05) is 20.0 Å².